The predicted molar refractivity (Wildman–Crippen MR) is 708 cm³/mol. The van der Waals surface area contributed by atoms with Crippen LogP contribution in [0.15, 0.2) is 0 Å². The third kappa shape index (κ3) is 144. The average molecular weight is 2360 g/mol. The Morgan fingerprint density at radius 1 is 0.110 bits per heavy atom. The summed E-state index contributed by atoms with van der Waals surface area (Å²) in [6.45, 7) is 40.2. The topological polar surface area (TPSA) is 19.4 Å². The summed E-state index contributed by atoms with van der Waals surface area (Å²) in [7, 11) is 0. The normalized spacial score (nSPS) is 10.8. The van der Waals surface area contributed by atoms with Crippen LogP contribution in [0.3, 0.4) is 0 Å². The molecule has 0 unspecified atom stereocenters. The van der Waals surface area contributed by atoms with Gasteiger partial charge in [0.2, 0.25) is 0 Å². The smallest absolute Gasteiger partial charge is 0.0162 e. The van der Waals surface area contributed by atoms with E-state index in [2.05, 4.69) is 112 Å². The first-order valence-corrected chi connectivity index (χ1v) is 69.0. The molecule has 878 valence electrons. The second-order valence-corrected chi connectivity index (χ2v) is 49.4. The Morgan fingerprint density at radius 2 is 0.158 bits per heavy atom. The van der Waals surface area contributed by atoms with Crippen LogP contribution in [-0.4, -0.2) is 134 Å². The van der Waals surface area contributed by atoms with Gasteiger partial charge in [0.25, 0.3) is 0 Å². The molecule has 20 heteroatoms. The first kappa shape index (κ1) is 163. The minimum atomic E-state index is 0. The van der Waals surface area contributed by atoms with Gasteiger partial charge in [-0.3, -0.25) is 0 Å². The zero-order valence-electron chi connectivity index (χ0n) is 99.8. The molecule has 0 radical (unpaired) electrons. The summed E-state index contributed by atoms with van der Waals surface area (Å²) in [6.07, 6.45) is 131. The van der Waals surface area contributed by atoms with E-state index in [0.29, 0.717) is 25.9 Å². The molecule has 0 amide bonds. The number of hydrogen-bond acceptors (Lipinski definition) is 12. The Balaban J connectivity index is -0.000000260. The summed E-state index contributed by atoms with van der Waals surface area (Å²) in [6, 6.07) is 0. The Bertz CT molecular complexity index is 1920. The van der Waals surface area contributed by atoms with Crippen LogP contribution in [-0.2, 0) is 110 Å². The predicted octanol–water partition coefficient (Wildman–Crippen LogP) is 44.4. The summed E-state index contributed by atoms with van der Waals surface area (Å²) in [5.41, 5.74) is 0. The van der Waals surface area contributed by atoms with Gasteiger partial charge in [-0.2, -0.15) is 0 Å². The molecule has 6 nitrogen and oxygen atoms in total. The molecular weight excluding hydrogens is 2110 g/mol. The molecule has 0 heterocycles. The van der Waals surface area contributed by atoms with E-state index in [9.17, 15) is 0 Å². The number of unbranched alkanes of at least 4 members (excludes halogenated alkanes) is 84. The zero-order valence-corrected chi connectivity index (χ0v) is 112. The maximum Gasteiger partial charge on any atom is 0.0162 e. The fraction of sp³-hybridized carbons (Fsp3) is 0.952. The van der Waals surface area contributed by atoms with Crippen LogP contribution in [0, 0.1) is 0 Å². The molecule has 0 N–H and O–H groups in total. The standard InChI is InChI=1S/6C21H43NS2.Mo.S/c6*1-3-5-7-9-11-13-15-17-19-22(21(23)24)20-18-16-14-12-10-8-6-4-2;;/h6*3-20H2,1-2H3,(H,23,24);;/q;;;;;;;-2/p-6. The minimum absolute atomic E-state index is 0. The molecule has 0 rings (SSSR count). The van der Waals surface area contributed by atoms with Crippen LogP contribution < -0.4 is 0 Å². The minimum Gasteiger partial charge on any atom is -2.00 e. The van der Waals surface area contributed by atoms with Gasteiger partial charge in [0, 0.05) is 99.6 Å². The fourth-order valence-electron chi connectivity index (χ4n) is 19.0. The Labute approximate surface area is 1010 Å². The third-order valence-corrected chi connectivity index (χ3v) is 32.0. The van der Waals surface area contributed by atoms with Crippen molar-refractivity contribution in [1.82, 2.24) is 29.4 Å². The second kappa shape index (κ2) is 147. The van der Waals surface area contributed by atoms with Gasteiger partial charge in [-0.25, -0.2) is 0 Å². The SMILES string of the molecule is CCCCCCCCCCN(CCCCCCCCCC)C(=S)[S-].CCCCCCCCCCN(CCCCCCCCCC)C(=S)[S-].CCCCCCCCCCN(CCCCCCCCCC)C(=S)[S-].CCCCCCCCCCN(CCCCCCCCCC)C(=S)[S-].CCCCCCCCCCN(CCCCCCCCCC)C(=S)[S-].CCCCCCCCCCN(CCCCCCCCCC)C(=S)[S-].[Mo].[S-2]. The molecule has 0 aromatic rings. The molecule has 0 aromatic carbocycles. The molecule has 0 fully saturated rings. The summed E-state index contributed by atoms with van der Waals surface area (Å²) in [4.78, 5) is 13.6. The number of nitrogens with zero attached hydrogens (tertiary/aromatic N) is 6. The molecule has 0 aliphatic rings. The van der Waals surface area contributed by atoms with Crippen LogP contribution in [0.1, 0.15) is 699 Å². The van der Waals surface area contributed by atoms with Crippen molar-refractivity contribution in [3.63, 3.8) is 0 Å². The molecule has 0 atom stereocenters. The second-order valence-electron chi connectivity index (χ2n) is 43.2. The van der Waals surface area contributed by atoms with Crippen molar-refractivity contribution in [2.24, 2.45) is 0 Å². The van der Waals surface area contributed by atoms with Crippen molar-refractivity contribution in [3.8, 4) is 0 Å². The van der Waals surface area contributed by atoms with Gasteiger partial charge in [-0.05, 0) is 77.0 Å². The van der Waals surface area contributed by atoms with Crippen LogP contribution >= 0.6 is 73.3 Å². The van der Waals surface area contributed by atoms with Gasteiger partial charge >= 0.3 is 0 Å². The van der Waals surface area contributed by atoms with Crippen LogP contribution in [0.4, 0.5) is 0 Å². The Hall–Kier alpha value is 1.70. The maximum atomic E-state index is 5.25. The molecule has 0 saturated heterocycles. The number of thiocarbonyl (C=S) groups is 6. The van der Waals surface area contributed by atoms with Gasteiger partial charge in [0.05, 0.1) is 0 Å². The van der Waals surface area contributed by atoms with E-state index in [-0.39, 0.29) is 34.6 Å². The summed E-state index contributed by atoms with van der Waals surface area (Å²) >= 11 is 63.1. The van der Waals surface area contributed by atoms with Crippen molar-refractivity contribution < 1.29 is 21.1 Å². The first-order chi connectivity index (χ1) is 70.3. The third-order valence-electron chi connectivity index (χ3n) is 28.9. The van der Waals surface area contributed by atoms with Crippen molar-refractivity contribution >= 4 is 188 Å². The van der Waals surface area contributed by atoms with Gasteiger partial charge < -0.3 is 192 Å². The molecular formula is C126H252MoN6S13-8. The van der Waals surface area contributed by atoms with Crippen molar-refractivity contribution in [2.45, 2.75) is 699 Å². The number of rotatable bonds is 108. The maximum absolute atomic E-state index is 5.25. The van der Waals surface area contributed by atoms with E-state index in [1.165, 1.54) is 616 Å². The van der Waals surface area contributed by atoms with E-state index >= 15 is 0 Å². The van der Waals surface area contributed by atoms with Gasteiger partial charge in [-0.15, -0.1) is 0 Å². The molecule has 0 aliphatic carbocycles. The van der Waals surface area contributed by atoms with Crippen LogP contribution in [0.5, 0.6) is 0 Å². The van der Waals surface area contributed by atoms with Crippen molar-refractivity contribution in [3.05, 3.63) is 0 Å². The van der Waals surface area contributed by atoms with Gasteiger partial charge in [0.15, 0.2) is 0 Å². The quantitative estimate of drug-likeness (QED) is 0.0249. The molecule has 0 aromatic heterocycles. The summed E-state index contributed by atoms with van der Waals surface area (Å²) < 4.78 is 4.09. The van der Waals surface area contributed by atoms with Crippen LogP contribution in [0.2, 0.25) is 0 Å². The van der Waals surface area contributed by atoms with Crippen molar-refractivity contribution in [2.75, 3.05) is 78.5 Å². The molecule has 0 bridgehead atoms. The van der Waals surface area contributed by atoms with Crippen molar-refractivity contribution in [1.29, 1.82) is 0 Å². The zero-order chi connectivity index (χ0) is 107. The Kier molecular flexibility index (Phi) is 164. The van der Waals surface area contributed by atoms with Gasteiger partial charge in [0.1, 0.15) is 0 Å². The number of hydrogen-bond donors (Lipinski definition) is 0. The average Bonchev–Trinajstić information content (AvgIpc) is 0.991. The summed E-state index contributed by atoms with van der Waals surface area (Å²) in [5.74, 6) is 0. The fourth-order valence-corrected chi connectivity index (χ4v) is 21.2. The van der Waals surface area contributed by atoms with Crippen LogP contribution in [0.25, 0.3) is 0 Å². The van der Waals surface area contributed by atoms with Gasteiger partial charge in [-0.1, -0.05) is 648 Å². The largest absolute Gasteiger partial charge is 2.00 e. The summed E-state index contributed by atoms with van der Waals surface area (Å²) in [5, 5.41) is 0. The molecule has 146 heavy (non-hydrogen) atoms. The first-order valence-electron chi connectivity index (χ1n) is 64.1. The molecule has 0 aliphatic heterocycles. The Morgan fingerprint density at radius 3 is 0.205 bits per heavy atom. The van der Waals surface area contributed by atoms with E-state index in [1.54, 1.807) is 0 Å². The van der Waals surface area contributed by atoms with E-state index in [1.807, 2.05) is 0 Å². The molecule has 0 spiro atoms. The molecule has 0 saturated carbocycles. The van der Waals surface area contributed by atoms with E-state index < -0.39 is 0 Å². The monoisotopic (exact) mass is 2360 g/mol. The van der Waals surface area contributed by atoms with E-state index in [4.69, 9.17) is 149 Å². The van der Waals surface area contributed by atoms with E-state index in [0.717, 1.165) is 78.5 Å².